The molecule has 2 aliphatic rings. The van der Waals surface area contributed by atoms with Gasteiger partial charge in [-0.2, -0.15) is 0 Å². The predicted octanol–water partition coefficient (Wildman–Crippen LogP) is 4.74. The van der Waals surface area contributed by atoms with Crippen LogP contribution in [0.1, 0.15) is 43.8 Å². The van der Waals surface area contributed by atoms with Crippen LogP contribution in [0.5, 0.6) is 0 Å². The van der Waals surface area contributed by atoms with Crippen LogP contribution < -0.4 is 4.90 Å². The molecule has 0 saturated heterocycles. The van der Waals surface area contributed by atoms with E-state index in [0.29, 0.717) is 18.2 Å². The Morgan fingerprint density at radius 2 is 2.07 bits per heavy atom. The highest BCUT2D eigenvalue weighted by molar-refractivity contribution is 8.00. The van der Waals surface area contributed by atoms with Crippen LogP contribution >= 0.6 is 23.5 Å². The van der Waals surface area contributed by atoms with Gasteiger partial charge in [0, 0.05) is 29.7 Å². The molecule has 4 rings (SSSR count). The van der Waals surface area contributed by atoms with E-state index in [-0.39, 0.29) is 5.91 Å². The van der Waals surface area contributed by atoms with Crippen LogP contribution in [-0.2, 0) is 11.3 Å². The molecule has 0 bridgehead atoms. The van der Waals surface area contributed by atoms with Gasteiger partial charge in [-0.05, 0) is 25.0 Å². The summed E-state index contributed by atoms with van der Waals surface area (Å²) < 4.78 is 2.15. The number of anilines is 1. The van der Waals surface area contributed by atoms with Crippen LogP contribution in [0.4, 0.5) is 5.69 Å². The summed E-state index contributed by atoms with van der Waals surface area (Å²) >= 11 is 3.31. The molecule has 1 fully saturated rings. The first-order chi connectivity index (χ1) is 13.8. The fourth-order valence-electron chi connectivity index (χ4n) is 4.00. The van der Waals surface area contributed by atoms with Gasteiger partial charge in [0.15, 0.2) is 5.16 Å². The van der Waals surface area contributed by atoms with Crippen molar-refractivity contribution < 1.29 is 4.79 Å². The number of para-hydroxylation sites is 1. The molecule has 1 aromatic heterocycles. The lowest BCUT2D eigenvalue weighted by atomic mass is 9.89. The van der Waals surface area contributed by atoms with Gasteiger partial charge in [0.2, 0.25) is 5.91 Å². The molecule has 28 heavy (non-hydrogen) atoms. The molecule has 7 heteroatoms. The number of allylic oxidation sites excluding steroid dienone is 1. The number of aromatic nitrogens is 3. The lowest BCUT2D eigenvalue weighted by Gasteiger charge is -2.28. The van der Waals surface area contributed by atoms with E-state index < -0.39 is 0 Å². The number of benzene rings is 1. The zero-order valence-electron chi connectivity index (χ0n) is 16.0. The summed E-state index contributed by atoms with van der Waals surface area (Å²) in [6, 6.07) is 8.14. The van der Waals surface area contributed by atoms with E-state index >= 15 is 0 Å². The maximum Gasteiger partial charge on any atom is 0.237 e. The molecule has 1 amide bonds. The minimum absolute atomic E-state index is 0.130. The molecule has 1 saturated carbocycles. The molecule has 0 radical (unpaired) electrons. The molecule has 0 atom stereocenters. The second-order valence-electron chi connectivity index (χ2n) is 7.23. The maximum absolute atomic E-state index is 12.9. The average Bonchev–Trinajstić information content (AvgIpc) is 3.15. The Hall–Kier alpha value is -1.73. The van der Waals surface area contributed by atoms with E-state index in [4.69, 9.17) is 0 Å². The predicted molar refractivity (Wildman–Crippen MR) is 116 cm³/mol. The van der Waals surface area contributed by atoms with Gasteiger partial charge in [-0.15, -0.1) is 28.5 Å². The minimum atomic E-state index is 0.130. The van der Waals surface area contributed by atoms with Gasteiger partial charge in [0.1, 0.15) is 5.82 Å². The SMILES string of the molecule is C=CCn1c(SCC(=O)N2CCSc3ccccc32)nnc1C1CCCCC1. The van der Waals surface area contributed by atoms with Gasteiger partial charge in [0.25, 0.3) is 0 Å². The van der Waals surface area contributed by atoms with Gasteiger partial charge in [-0.3, -0.25) is 4.79 Å². The van der Waals surface area contributed by atoms with Crippen molar-refractivity contribution >= 4 is 35.1 Å². The summed E-state index contributed by atoms with van der Waals surface area (Å²) in [7, 11) is 0. The molecule has 2 aromatic rings. The summed E-state index contributed by atoms with van der Waals surface area (Å²) in [5.74, 6) is 2.99. The third-order valence-electron chi connectivity index (χ3n) is 5.38. The normalized spacial score (nSPS) is 17.4. The second kappa shape index (κ2) is 9.18. The Labute approximate surface area is 175 Å². The lowest BCUT2D eigenvalue weighted by molar-refractivity contribution is -0.116. The van der Waals surface area contributed by atoms with Gasteiger partial charge in [-0.1, -0.05) is 49.2 Å². The van der Waals surface area contributed by atoms with Gasteiger partial charge >= 0.3 is 0 Å². The number of nitrogens with zero attached hydrogens (tertiary/aromatic N) is 4. The summed E-state index contributed by atoms with van der Waals surface area (Å²) in [5.41, 5.74) is 1.03. The van der Waals surface area contributed by atoms with E-state index in [0.717, 1.165) is 29.0 Å². The molecule has 0 unspecified atom stereocenters. The number of fused-ring (bicyclic) bond motifs is 1. The zero-order valence-corrected chi connectivity index (χ0v) is 17.7. The smallest absolute Gasteiger partial charge is 0.237 e. The Bertz CT molecular complexity index is 845. The summed E-state index contributed by atoms with van der Waals surface area (Å²) in [6.45, 7) is 5.34. The molecule has 5 nitrogen and oxygen atoms in total. The summed E-state index contributed by atoms with van der Waals surface area (Å²) in [6.07, 6.45) is 8.09. The van der Waals surface area contributed by atoms with Crippen LogP contribution in [0.25, 0.3) is 0 Å². The molecule has 1 aliphatic carbocycles. The maximum atomic E-state index is 12.9. The van der Waals surface area contributed by atoms with Crippen LogP contribution in [0, 0.1) is 0 Å². The third-order valence-corrected chi connectivity index (χ3v) is 7.38. The highest BCUT2D eigenvalue weighted by Crippen LogP contribution is 2.36. The standard InChI is InChI=1S/C21H26N4OS2/c1-2-12-25-20(16-8-4-3-5-9-16)22-23-21(25)28-15-19(26)24-13-14-27-18-11-7-6-10-17(18)24/h2,6-7,10-11,16H,1,3-5,8-9,12-15H2. The van der Waals surface area contributed by atoms with Crippen molar-refractivity contribution in [1.82, 2.24) is 14.8 Å². The van der Waals surface area contributed by atoms with Crippen molar-refractivity contribution in [2.75, 3.05) is 23.0 Å². The van der Waals surface area contributed by atoms with Gasteiger partial charge in [0.05, 0.1) is 11.4 Å². The molecular weight excluding hydrogens is 388 g/mol. The Balaban J connectivity index is 1.47. The molecule has 1 aromatic carbocycles. The van der Waals surface area contributed by atoms with Gasteiger partial charge < -0.3 is 9.47 Å². The highest BCUT2D eigenvalue weighted by atomic mass is 32.2. The van der Waals surface area contributed by atoms with Crippen molar-refractivity contribution in [3.8, 4) is 0 Å². The fraction of sp³-hybridized carbons (Fsp3) is 0.476. The fourth-order valence-corrected chi connectivity index (χ4v) is 5.83. The van der Waals surface area contributed by atoms with Gasteiger partial charge in [-0.25, -0.2) is 0 Å². The number of amides is 1. The number of hydrogen-bond donors (Lipinski definition) is 0. The molecular formula is C21H26N4OS2. The van der Waals surface area contributed by atoms with E-state index in [1.807, 2.05) is 40.9 Å². The largest absolute Gasteiger partial charge is 0.310 e. The highest BCUT2D eigenvalue weighted by Gasteiger charge is 2.25. The molecule has 148 valence electrons. The topological polar surface area (TPSA) is 51.0 Å². The van der Waals surface area contributed by atoms with E-state index in [1.54, 1.807) is 0 Å². The Kier molecular flexibility index (Phi) is 6.42. The number of thioether (sulfide) groups is 2. The quantitative estimate of drug-likeness (QED) is 0.505. The van der Waals surface area contributed by atoms with Crippen molar-refractivity contribution in [1.29, 1.82) is 0 Å². The first-order valence-corrected chi connectivity index (χ1v) is 11.9. The summed E-state index contributed by atoms with van der Waals surface area (Å²) in [4.78, 5) is 16.0. The van der Waals surface area contributed by atoms with Crippen molar-refractivity contribution in [2.24, 2.45) is 0 Å². The Morgan fingerprint density at radius 3 is 2.89 bits per heavy atom. The van der Waals surface area contributed by atoms with E-state index in [2.05, 4.69) is 27.4 Å². The number of carbonyl (C=O) groups excluding carboxylic acids is 1. The number of hydrogen-bond acceptors (Lipinski definition) is 5. The molecule has 1 aliphatic heterocycles. The first-order valence-electron chi connectivity index (χ1n) is 9.97. The molecule has 0 N–H and O–H groups in total. The summed E-state index contributed by atoms with van der Waals surface area (Å²) in [5, 5.41) is 9.75. The first kappa shape index (κ1) is 19.6. The van der Waals surface area contributed by atoms with Crippen LogP contribution in [0.3, 0.4) is 0 Å². The van der Waals surface area contributed by atoms with Crippen LogP contribution in [0.15, 0.2) is 47.0 Å². The van der Waals surface area contributed by atoms with Crippen molar-refractivity contribution in [3.05, 3.63) is 42.7 Å². The molecule has 0 spiro atoms. The number of rotatable bonds is 6. The number of carbonyl (C=O) groups is 1. The van der Waals surface area contributed by atoms with Crippen molar-refractivity contribution in [3.63, 3.8) is 0 Å². The zero-order chi connectivity index (χ0) is 19.3. The molecule has 2 heterocycles. The van der Waals surface area contributed by atoms with Crippen LogP contribution in [0.2, 0.25) is 0 Å². The second-order valence-corrected chi connectivity index (χ2v) is 9.30. The minimum Gasteiger partial charge on any atom is -0.310 e. The monoisotopic (exact) mass is 414 g/mol. The van der Waals surface area contributed by atoms with E-state index in [1.165, 1.54) is 48.8 Å². The van der Waals surface area contributed by atoms with Crippen molar-refractivity contribution in [2.45, 2.75) is 54.6 Å². The van der Waals surface area contributed by atoms with Crippen LogP contribution in [-0.4, -0.2) is 38.7 Å². The lowest BCUT2D eigenvalue weighted by Crippen LogP contribution is -2.36. The Morgan fingerprint density at radius 1 is 1.25 bits per heavy atom. The van der Waals surface area contributed by atoms with E-state index in [9.17, 15) is 4.79 Å². The average molecular weight is 415 g/mol. The third kappa shape index (κ3) is 4.15.